The van der Waals surface area contributed by atoms with Crippen LogP contribution in [-0.2, 0) is 27.6 Å². The van der Waals surface area contributed by atoms with Crippen molar-refractivity contribution in [3.05, 3.63) is 80.6 Å². The number of nitrogens with zero attached hydrogens (tertiary/aromatic N) is 4. The molecule has 42 heavy (non-hydrogen) atoms. The van der Waals surface area contributed by atoms with E-state index in [9.17, 15) is 22.8 Å². The quantitative estimate of drug-likeness (QED) is 0.438. The molecule has 222 valence electrons. The molecular weight excluding hydrogens is 601 g/mol. The second kappa shape index (κ2) is 11.3. The van der Waals surface area contributed by atoms with Gasteiger partial charge in [-0.05, 0) is 49.2 Å². The molecule has 0 radical (unpaired) electrons. The Bertz CT molecular complexity index is 1690. The number of hydrogen-bond acceptors (Lipinski definition) is 6. The van der Waals surface area contributed by atoms with Gasteiger partial charge in [0.2, 0.25) is 5.91 Å². The minimum absolute atomic E-state index is 0.0832. The lowest BCUT2D eigenvalue weighted by Crippen LogP contribution is -2.50. The van der Waals surface area contributed by atoms with Gasteiger partial charge in [0.1, 0.15) is 11.7 Å². The van der Waals surface area contributed by atoms with E-state index < -0.39 is 21.9 Å². The number of nitrogens with one attached hydrogen (secondary N) is 1. The predicted molar refractivity (Wildman–Crippen MR) is 158 cm³/mol. The first-order valence-electron chi connectivity index (χ1n) is 13.5. The first-order chi connectivity index (χ1) is 19.8. The lowest BCUT2D eigenvalue weighted by molar-refractivity contribution is -0.125. The zero-order chi connectivity index (χ0) is 30.5. The summed E-state index contributed by atoms with van der Waals surface area (Å²) in [6.07, 6.45) is 2.07. The van der Waals surface area contributed by atoms with Crippen LogP contribution in [0, 0.1) is 0 Å². The van der Waals surface area contributed by atoms with E-state index in [1.807, 2.05) is 13.8 Å². The molecule has 0 aliphatic carbocycles. The van der Waals surface area contributed by atoms with Crippen LogP contribution in [0.1, 0.15) is 70.0 Å². The summed E-state index contributed by atoms with van der Waals surface area (Å²) >= 11 is 12.2. The van der Waals surface area contributed by atoms with Gasteiger partial charge in [-0.3, -0.25) is 14.4 Å². The molecule has 0 spiro atoms. The molecule has 2 aliphatic rings. The Morgan fingerprint density at radius 2 is 1.81 bits per heavy atom. The van der Waals surface area contributed by atoms with E-state index in [2.05, 4.69) is 5.32 Å². The molecular formula is C29H31Cl2N5O5S. The standard InChI is InChI=1S/C29H31Cl2N5O5S/c1-5-24(17-6-9-19(10-7-17)42(4,40)41)35-15-25(27(37)32-3)36-26(29(35)39)20-14-34(16(2)12-23(20)33-36)28(38)18-8-11-21(30)22(31)13-18/h6-11,13,16,24-25H,5,12,14-15H2,1-4H3,(H,32,37)/t16-,24-,25+/m1/s1. The van der Waals surface area contributed by atoms with E-state index in [1.165, 1.54) is 29.9 Å². The molecule has 0 saturated carbocycles. The van der Waals surface area contributed by atoms with E-state index in [0.29, 0.717) is 34.7 Å². The molecule has 2 aromatic carbocycles. The maximum atomic E-state index is 14.2. The van der Waals surface area contributed by atoms with Gasteiger partial charge in [-0.1, -0.05) is 42.3 Å². The SMILES string of the molecule is CC[C@H](c1ccc(S(C)(=O)=O)cc1)N1C[C@@H](C(=O)NC)n2nc3c(c2C1=O)CN(C(=O)c1ccc(Cl)c(Cl)c1)[C@H](C)C3. The monoisotopic (exact) mass is 631 g/mol. The molecule has 13 heteroatoms. The Labute approximate surface area is 254 Å². The molecule has 1 N–H and O–H groups in total. The molecule has 3 aromatic rings. The normalized spacial score (nSPS) is 19.2. The zero-order valence-corrected chi connectivity index (χ0v) is 25.9. The fraction of sp³-hybridized carbons (Fsp3) is 0.379. The van der Waals surface area contributed by atoms with Crippen LogP contribution in [0.25, 0.3) is 0 Å². The van der Waals surface area contributed by atoms with Crippen LogP contribution in [-0.4, -0.2) is 71.6 Å². The summed E-state index contributed by atoms with van der Waals surface area (Å²) in [6, 6.07) is 9.73. The highest BCUT2D eigenvalue weighted by molar-refractivity contribution is 7.90. The molecule has 0 fully saturated rings. The fourth-order valence-electron chi connectivity index (χ4n) is 5.77. The van der Waals surface area contributed by atoms with E-state index in [1.54, 1.807) is 34.1 Å². The first-order valence-corrected chi connectivity index (χ1v) is 16.2. The summed E-state index contributed by atoms with van der Waals surface area (Å²) in [7, 11) is -1.85. The number of hydrogen-bond donors (Lipinski definition) is 1. The predicted octanol–water partition coefficient (Wildman–Crippen LogP) is 4.07. The summed E-state index contributed by atoms with van der Waals surface area (Å²) < 4.78 is 25.5. The first kappa shape index (κ1) is 30.1. The van der Waals surface area contributed by atoms with Gasteiger partial charge in [0.15, 0.2) is 9.84 Å². The van der Waals surface area contributed by atoms with Crippen LogP contribution in [0.3, 0.4) is 0 Å². The van der Waals surface area contributed by atoms with Gasteiger partial charge in [-0.2, -0.15) is 5.10 Å². The highest BCUT2D eigenvalue weighted by Crippen LogP contribution is 2.37. The highest BCUT2D eigenvalue weighted by atomic mass is 35.5. The molecule has 3 amide bonds. The number of benzene rings is 2. The van der Waals surface area contributed by atoms with E-state index >= 15 is 0 Å². The Morgan fingerprint density at radius 3 is 2.40 bits per heavy atom. The number of carbonyl (C=O) groups is 3. The van der Waals surface area contributed by atoms with Gasteiger partial charge < -0.3 is 15.1 Å². The van der Waals surface area contributed by atoms with Crippen molar-refractivity contribution in [1.82, 2.24) is 24.9 Å². The van der Waals surface area contributed by atoms with Crippen LogP contribution in [0.15, 0.2) is 47.4 Å². The Kier molecular flexibility index (Phi) is 8.12. The third-order valence-electron chi connectivity index (χ3n) is 8.00. The number of halogens is 2. The van der Waals surface area contributed by atoms with E-state index in [0.717, 1.165) is 11.8 Å². The van der Waals surface area contributed by atoms with Crippen LogP contribution in [0.5, 0.6) is 0 Å². The maximum Gasteiger partial charge on any atom is 0.273 e. The van der Waals surface area contributed by atoms with Gasteiger partial charge in [0, 0.05) is 36.9 Å². The molecule has 0 bridgehead atoms. The summed E-state index contributed by atoms with van der Waals surface area (Å²) in [5, 5.41) is 8.03. The van der Waals surface area contributed by atoms with Gasteiger partial charge in [-0.15, -0.1) is 0 Å². The van der Waals surface area contributed by atoms with E-state index in [-0.39, 0.29) is 52.5 Å². The van der Waals surface area contributed by atoms with Crippen LogP contribution in [0.2, 0.25) is 10.0 Å². The number of sulfone groups is 1. The number of carbonyl (C=O) groups excluding carboxylic acids is 3. The second-order valence-corrected chi connectivity index (χ2v) is 13.5. The molecule has 10 nitrogen and oxygen atoms in total. The second-order valence-electron chi connectivity index (χ2n) is 10.7. The number of amides is 3. The highest BCUT2D eigenvalue weighted by Gasteiger charge is 2.44. The van der Waals surface area contributed by atoms with Gasteiger partial charge >= 0.3 is 0 Å². The zero-order valence-electron chi connectivity index (χ0n) is 23.6. The molecule has 2 aliphatic heterocycles. The maximum absolute atomic E-state index is 14.2. The Balaban J connectivity index is 1.55. The van der Waals surface area contributed by atoms with Crippen molar-refractivity contribution in [2.45, 2.75) is 56.3 Å². The minimum atomic E-state index is -3.39. The Hall–Kier alpha value is -3.41. The van der Waals surface area contributed by atoms with Crippen LogP contribution < -0.4 is 5.32 Å². The van der Waals surface area contributed by atoms with Crippen molar-refractivity contribution in [2.24, 2.45) is 0 Å². The summed E-state index contributed by atoms with van der Waals surface area (Å²) in [5.74, 6) is -0.862. The van der Waals surface area contributed by atoms with Crippen molar-refractivity contribution in [1.29, 1.82) is 0 Å². The molecule has 5 rings (SSSR count). The van der Waals surface area contributed by atoms with Gasteiger partial charge in [0.05, 0.1) is 39.8 Å². The third kappa shape index (κ3) is 5.29. The molecule has 0 saturated heterocycles. The van der Waals surface area contributed by atoms with Crippen LogP contribution in [0.4, 0.5) is 0 Å². The lowest BCUT2D eigenvalue weighted by atomic mass is 9.95. The van der Waals surface area contributed by atoms with Crippen molar-refractivity contribution < 1.29 is 22.8 Å². The third-order valence-corrected chi connectivity index (χ3v) is 9.87. The number of fused-ring (bicyclic) bond motifs is 3. The average molecular weight is 633 g/mol. The lowest BCUT2D eigenvalue weighted by Gasteiger charge is -2.39. The van der Waals surface area contributed by atoms with Gasteiger partial charge in [-0.25, -0.2) is 13.1 Å². The van der Waals surface area contributed by atoms with Crippen molar-refractivity contribution in [3.8, 4) is 0 Å². The number of aromatic nitrogens is 2. The van der Waals surface area contributed by atoms with Crippen LogP contribution >= 0.6 is 23.2 Å². The minimum Gasteiger partial charge on any atom is -0.357 e. The topological polar surface area (TPSA) is 122 Å². The van der Waals surface area contributed by atoms with Crippen molar-refractivity contribution in [2.75, 3.05) is 19.8 Å². The molecule has 3 atom stereocenters. The number of rotatable bonds is 6. The Morgan fingerprint density at radius 1 is 1.12 bits per heavy atom. The number of likely N-dealkylation sites (N-methyl/N-ethyl adjacent to an activating group) is 1. The summed E-state index contributed by atoms with van der Waals surface area (Å²) in [6.45, 7) is 4.05. The molecule has 0 unspecified atom stereocenters. The van der Waals surface area contributed by atoms with Gasteiger partial charge in [0.25, 0.3) is 11.8 Å². The molecule has 3 heterocycles. The average Bonchev–Trinajstić information content (AvgIpc) is 3.33. The summed E-state index contributed by atoms with van der Waals surface area (Å²) in [4.78, 5) is 44.4. The largest absolute Gasteiger partial charge is 0.357 e. The summed E-state index contributed by atoms with van der Waals surface area (Å²) in [5.41, 5.74) is 2.67. The molecule has 1 aromatic heterocycles. The van der Waals surface area contributed by atoms with E-state index in [4.69, 9.17) is 28.3 Å². The van der Waals surface area contributed by atoms with Crippen molar-refractivity contribution >= 4 is 50.8 Å². The smallest absolute Gasteiger partial charge is 0.273 e. The van der Waals surface area contributed by atoms with Crippen molar-refractivity contribution in [3.63, 3.8) is 0 Å². The fourth-order valence-corrected chi connectivity index (χ4v) is 6.69.